The molecule has 3 aromatic rings. The van der Waals surface area contributed by atoms with Gasteiger partial charge in [0.2, 0.25) is 0 Å². The number of thiazole rings is 1. The Labute approximate surface area is 116 Å². The Kier molecular flexibility index (Phi) is 3.03. The molecule has 2 heterocycles. The molecule has 19 heavy (non-hydrogen) atoms. The number of imidazole rings is 1. The SMILES string of the molecule is Cc1csc2nc(-c3ccc(OC(C)C)cc3)cn12. The summed E-state index contributed by atoms with van der Waals surface area (Å²) in [4.78, 5) is 5.67. The lowest BCUT2D eigenvalue weighted by Gasteiger charge is -2.09. The molecule has 0 unspecified atom stereocenters. The van der Waals surface area contributed by atoms with Crippen LogP contribution in [0.2, 0.25) is 0 Å². The van der Waals surface area contributed by atoms with Crippen LogP contribution in [-0.4, -0.2) is 15.5 Å². The highest BCUT2D eigenvalue weighted by atomic mass is 32.1. The molecule has 1 aromatic carbocycles. The van der Waals surface area contributed by atoms with Gasteiger partial charge in [0.1, 0.15) is 5.75 Å². The van der Waals surface area contributed by atoms with Gasteiger partial charge in [-0.05, 0) is 45.0 Å². The number of ether oxygens (including phenoxy) is 1. The number of benzene rings is 1. The largest absolute Gasteiger partial charge is 0.491 e. The second-order valence-electron chi connectivity index (χ2n) is 4.85. The molecule has 0 saturated heterocycles. The van der Waals surface area contributed by atoms with E-state index in [0.717, 1.165) is 22.0 Å². The molecule has 0 atom stereocenters. The fraction of sp³-hybridized carbons (Fsp3) is 0.267. The first-order valence-corrected chi connectivity index (χ1v) is 7.22. The Morgan fingerprint density at radius 1 is 1.21 bits per heavy atom. The van der Waals surface area contributed by atoms with Crippen LogP contribution < -0.4 is 4.74 Å². The topological polar surface area (TPSA) is 26.5 Å². The summed E-state index contributed by atoms with van der Waals surface area (Å²) in [5.41, 5.74) is 3.34. The van der Waals surface area contributed by atoms with E-state index in [1.807, 2.05) is 26.0 Å². The fourth-order valence-corrected chi connectivity index (χ4v) is 2.86. The van der Waals surface area contributed by atoms with Crippen molar-refractivity contribution in [3.05, 3.63) is 41.5 Å². The zero-order chi connectivity index (χ0) is 13.4. The molecule has 3 rings (SSSR count). The summed E-state index contributed by atoms with van der Waals surface area (Å²) in [6.45, 7) is 6.15. The van der Waals surface area contributed by atoms with Gasteiger partial charge in [-0.2, -0.15) is 0 Å². The average Bonchev–Trinajstić information content (AvgIpc) is 2.92. The first-order valence-electron chi connectivity index (χ1n) is 6.34. The third-order valence-electron chi connectivity index (χ3n) is 2.91. The molecule has 3 nitrogen and oxygen atoms in total. The highest BCUT2D eigenvalue weighted by Gasteiger charge is 2.07. The molecule has 0 fully saturated rings. The van der Waals surface area contributed by atoms with Crippen LogP contribution in [0.4, 0.5) is 0 Å². The molecule has 0 saturated carbocycles. The van der Waals surface area contributed by atoms with E-state index < -0.39 is 0 Å². The van der Waals surface area contributed by atoms with E-state index in [1.54, 1.807) is 11.3 Å². The molecule has 0 bridgehead atoms. The van der Waals surface area contributed by atoms with Crippen LogP contribution in [0.15, 0.2) is 35.8 Å². The number of hydrogen-bond acceptors (Lipinski definition) is 3. The molecular formula is C15H16N2OS. The second-order valence-corrected chi connectivity index (χ2v) is 5.68. The van der Waals surface area contributed by atoms with Gasteiger partial charge >= 0.3 is 0 Å². The maximum atomic E-state index is 5.64. The monoisotopic (exact) mass is 272 g/mol. The molecule has 2 aromatic heterocycles. The molecular weight excluding hydrogens is 256 g/mol. The molecule has 0 spiro atoms. The number of aromatic nitrogens is 2. The number of fused-ring (bicyclic) bond motifs is 1. The second kappa shape index (κ2) is 4.70. The van der Waals surface area contributed by atoms with Crippen molar-refractivity contribution in [3.8, 4) is 17.0 Å². The lowest BCUT2D eigenvalue weighted by Crippen LogP contribution is -2.05. The smallest absolute Gasteiger partial charge is 0.194 e. The summed E-state index contributed by atoms with van der Waals surface area (Å²) in [6, 6.07) is 8.10. The van der Waals surface area contributed by atoms with Gasteiger partial charge in [0.15, 0.2) is 4.96 Å². The molecule has 0 N–H and O–H groups in total. The van der Waals surface area contributed by atoms with Crippen LogP contribution >= 0.6 is 11.3 Å². The maximum absolute atomic E-state index is 5.64. The Morgan fingerprint density at radius 2 is 1.95 bits per heavy atom. The van der Waals surface area contributed by atoms with Crippen LogP contribution in [0, 0.1) is 6.92 Å². The van der Waals surface area contributed by atoms with E-state index in [-0.39, 0.29) is 6.10 Å². The molecule has 0 aliphatic heterocycles. The van der Waals surface area contributed by atoms with Crippen molar-refractivity contribution in [3.63, 3.8) is 0 Å². The Balaban J connectivity index is 1.92. The van der Waals surface area contributed by atoms with Gasteiger partial charge in [-0.1, -0.05) is 0 Å². The predicted molar refractivity (Wildman–Crippen MR) is 79.0 cm³/mol. The minimum atomic E-state index is 0.200. The van der Waals surface area contributed by atoms with Gasteiger partial charge in [0.25, 0.3) is 0 Å². The highest BCUT2D eigenvalue weighted by Crippen LogP contribution is 2.25. The van der Waals surface area contributed by atoms with Gasteiger partial charge in [-0.25, -0.2) is 4.98 Å². The molecule has 4 heteroatoms. The first kappa shape index (κ1) is 12.2. The third-order valence-corrected chi connectivity index (χ3v) is 3.87. The zero-order valence-electron chi connectivity index (χ0n) is 11.3. The summed E-state index contributed by atoms with van der Waals surface area (Å²) in [5, 5.41) is 2.12. The van der Waals surface area contributed by atoms with Crippen LogP contribution in [0.25, 0.3) is 16.2 Å². The van der Waals surface area contributed by atoms with E-state index in [2.05, 4.69) is 40.0 Å². The molecule has 0 radical (unpaired) electrons. The number of rotatable bonds is 3. The van der Waals surface area contributed by atoms with Crippen LogP contribution in [0.3, 0.4) is 0 Å². The van der Waals surface area contributed by atoms with Gasteiger partial charge in [0.05, 0.1) is 11.8 Å². The van der Waals surface area contributed by atoms with E-state index in [9.17, 15) is 0 Å². The van der Waals surface area contributed by atoms with Crippen molar-refractivity contribution >= 4 is 16.3 Å². The van der Waals surface area contributed by atoms with E-state index in [1.165, 1.54) is 5.69 Å². The molecule has 98 valence electrons. The van der Waals surface area contributed by atoms with E-state index in [4.69, 9.17) is 4.74 Å². The predicted octanol–water partition coefficient (Wildman–Crippen LogP) is 4.16. The number of hydrogen-bond donors (Lipinski definition) is 0. The van der Waals surface area contributed by atoms with Crippen LogP contribution in [0.1, 0.15) is 19.5 Å². The quantitative estimate of drug-likeness (QED) is 0.715. The summed E-state index contributed by atoms with van der Waals surface area (Å²) in [6.07, 6.45) is 2.28. The average molecular weight is 272 g/mol. The zero-order valence-corrected chi connectivity index (χ0v) is 12.1. The van der Waals surface area contributed by atoms with Crippen molar-refractivity contribution in [2.75, 3.05) is 0 Å². The van der Waals surface area contributed by atoms with Crippen molar-refractivity contribution in [1.29, 1.82) is 0 Å². The Bertz CT molecular complexity index is 695. The standard InChI is InChI=1S/C15H16N2OS/c1-10(2)18-13-6-4-12(5-7-13)14-8-17-11(3)9-19-15(17)16-14/h4-10H,1-3H3. The van der Waals surface area contributed by atoms with Crippen molar-refractivity contribution in [1.82, 2.24) is 9.38 Å². The molecule has 0 amide bonds. The van der Waals surface area contributed by atoms with Gasteiger partial charge in [-0.15, -0.1) is 11.3 Å². The molecule has 0 aliphatic carbocycles. The Morgan fingerprint density at radius 3 is 2.58 bits per heavy atom. The summed E-state index contributed by atoms with van der Waals surface area (Å²) < 4.78 is 7.77. The minimum Gasteiger partial charge on any atom is -0.491 e. The number of nitrogens with zero attached hydrogens (tertiary/aromatic N) is 2. The van der Waals surface area contributed by atoms with Gasteiger partial charge < -0.3 is 4.74 Å². The van der Waals surface area contributed by atoms with Gasteiger partial charge in [-0.3, -0.25) is 4.40 Å². The first-order chi connectivity index (χ1) is 9.13. The fourth-order valence-electron chi connectivity index (χ4n) is 2.01. The van der Waals surface area contributed by atoms with Gasteiger partial charge in [0, 0.05) is 22.8 Å². The van der Waals surface area contributed by atoms with Crippen molar-refractivity contribution < 1.29 is 4.74 Å². The van der Waals surface area contributed by atoms with E-state index in [0.29, 0.717) is 0 Å². The molecule has 0 aliphatic rings. The van der Waals surface area contributed by atoms with Crippen molar-refractivity contribution in [2.45, 2.75) is 26.9 Å². The van der Waals surface area contributed by atoms with Crippen LogP contribution in [0.5, 0.6) is 5.75 Å². The van der Waals surface area contributed by atoms with Crippen molar-refractivity contribution in [2.24, 2.45) is 0 Å². The summed E-state index contributed by atoms with van der Waals surface area (Å²) in [5.74, 6) is 0.899. The van der Waals surface area contributed by atoms with Crippen LogP contribution in [-0.2, 0) is 0 Å². The normalized spacial score (nSPS) is 11.4. The van der Waals surface area contributed by atoms with E-state index >= 15 is 0 Å². The lowest BCUT2D eigenvalue weighted by atomic mass is 10.1. The maximum Gasteiger partial charge on any atom is 0.194 e. The summed E-state index contributed by atoms with van der Waals surface area (Å²) >= 11 is 1.67. The minimum absolute atomic E-state index is 0.200. The highest BCUT2D eigenvalue weighted by molar-refractivity contribution is 7.15. The lowest BCUT2D eigenvalue weighted by molar-refractivity contribution is 0.242. The number of aryl methyl sites for hydroxylation is 1. The Hall–Kier alpha value is -1.81. The third kappa shape index (κ3) is 2.36. The summed E-state index contributed by atoms with van der Waals surface area (Å²) in [7, 11) is 0.